The van der Waals surface area contributed by atoms with E-state index in [-0.39, 0.29) is 6.71 Å². The predicted octanol–water partition coefficient (Wildman–Crippen LogP) is 10.5. The zero-order chi connectivity index (χ0) is 35.1. The van der Waals surface area contributed by atoms with Gasteiger partial charge in [-0.25, -0.2) is 0 Å². The molecule has 0 bridgehead atoms. The number of hydrogen-bond acceptors (Lipinski definition) is 3. The quantitative estimate of drug-likeness (QED) is 0.173. The fourth-order valence-corrected chi connectivity index (χ4v) is 9.71. The third-order valence-electron chi connectivity index (χ3n) is 12.0. The maximum atomic E-state index is 6.61. The van der Waals surface area contributed by atoms with Crippen LogP contribution in [0.2, 0.25) is 0 Å². The highest BCUT2D eigenvalue weighted by atomic mass is 16.5. The summed E-state index contributed by atoms with van der Waals surface area (Å²) in [5.74, 6) is 5.04. The summed E-state index contributed by atoms with van der Waals surface area (Å²) in [5, 5.41) is 2.56. The molecular formula is C49H28BNO3. The van der Waals surface area contributed by atoms with Gasteiger partial charge < -0.3 is 18.8 Å². The highest BCUT2D eigenvalue weighted by Gasteiger charge is 2.46. The van der Waals surface area contributed by atoms with Crippen molar-refractivity contribution in [1.82, 2.24) is 4.57 Å². The summed E-state index contributed by atoms with van der Waals surface area (Å²) in [6.45, 7) is 0.0137. The molecule has 4 nitrogen and oxygen atoms in total. The van der Waals surface area contributed by atoms with E-state index in [0.29, 0.717) is 0 Å². The molecule has 0 unspecified atom stereocenters. The summed E-state index contributed by atoms with van der Waals surface area (Å²) < 4.78 is 22.0. The predicted molar refractivity (Wildman–Crippen MR) is 218 cm³/mol. The van der Waals surface area contributed by atoms with Crippen molar-refractivity contribution in [3.05, 3.63) is 169 Å². The van der Waals surface area contributed by atoms with E-state index >= 15 is 0 Å². The Kier molecular flexibility index (Phi) is 5.47. The average molecular weight is 690 g/mol. The van der Waals surface area contributed by atoms with Crippen molar-refractivity contribution in [3.8, 4) is 73.6 Å². The summed E-state index contributed by atoms with van der Waals surface area (Å²) in [6, 6.07) is 56.5. The smallest absolute Gasteiger partial charge is 0.270 e. The van der Waals surface area contributed by atoms with Crippen molar-refractivity contribution in [2.75, 3.05) is 0 Å². The molecule has 0 saturated heterocycles. The van der Waals surface area contributed by atoms with E-state index in [9.17, 15) is 0 Å². The molecule has 0 atom stereocenters. The Morgan fingerprint density at radius 2 is 0.870 bits per heavy atom. The Morgan fingerprint density at radius 1 is 0.389 bits per heavy atom. The van der Waals surface area contributed by atoms with Crippen LogP contribution in [-0.4, -0.2) is 11.3 Å². The van der Waals surface area contributed by atoms with E-state index in [1.165, 1.54) is 60.9 Å². The van der Waals surface area contributed by atoms with Crippen LogP contribution in [0.1, 0.15) is 11.1 Å². The molecule has 0 amide bonds. The lowest BCUT2D eigenvalue weighted by molar-refractivity contribution is 0.443. The summed E-state index contributed by atoms with van der Waals surface area (Å²) in [7, 11) is 0. The third kappa shape index (κ3) is 3.73. The van der Waals surface area contributed by atoms with Gasteiger partial charge in [-0.3, -0.25) is 0 Å². The van der Waals surface area contributed by atoms with E-state index in [1.54, 1.807) is 0 Å². The minimum absolute atomic E-state index is 0.0137. The van der Waals surface area contributed by atoms with Crippen LogP contribution in [0.3, 0.4) is 0 Å². The zero-order valence-electron chi connectivity index (χ0n) is 29.0. The second-order valence-electron chi connectivity index (χ2n) is 14.7. The van der Waals surface area contributed by atoms with Crippen molar-refractivity contribution in [3.63, 3.8) is 0 Å². The van der Waals surface area contributed by atoms with Crippen LogP contribution in [0, 0.1) is 0 Å². The monoisotopic (exact) mass is 689 g/mol. The second kappa shape index (κ2) is 10.3. The van der Waals surface area contributed by atoms with Gasteiger partial charge in [0, 0.05) is 33.6 Å². The topological polar surface area (TPSA) is 32.6 Å². The number of nitrogens with zero attached hydrogens (tertiary/aromatic N) is 1. The average Bonchev–Trinajstić information content (AvgIpc) is 3.77. The Morgan fingerprint density at radius 3 is 1.50 bits per heavy atom. The van der Waals surface area contributed by atoms with Crippen molar-refractivity contribution < 1.29 is 14.2 Å². The molecule has 9 aromatic rings. The molecule has 0 fully saturated rings. The Hall–Kier alpha value is -6.98. The first-order chi connectivity index (χ1) is 26.8. The van der Waals surface area contributed by atoms with Crippen LogP contribution in [0.15, 0.2) is 158 Å². The number of ether oxygens (including phenoxy) is 3. The van der Waals surface area contributed by atoms with Crippen LogP contribution in [0.25, 0.3) is 60.9 Å². The summed E-state index contributed by atoms with van der Waals surface area (Å²) in [4.78, 5) is 0. The minimum Gasteiger partial charge on any atom is -0.458 e. The van der Waals surface area contributed by atoms with Crippen LogP contribution >= 0.6 is 0 Å². The van der Waals surface area contributed by atoms with E-state index in [4.69, 9.17) is 14.2 Å². The number of para-hydroxylation sites is 2. The molecule has 54 heavy (non-hydrogen) atoms. The largest absolute Gasteiger partial charge is 0.458 e. The van der Waals surface area contributed by atoms with Gasteiger partial charge in [0.15, 0.2) is 0 Å². The molecule has 8 aromatic carbocycles. The first-order valence-electron chi connectivity index (χ1n) is 18.6. The fraction of sp³-hybridized carbons (Fsp3) is 0.0204. The Labute approximate surface area is 311 Å². The van der Waals surface area contributed by atoms with Gasteiger partial charge >= 0.3 is 0 Å². The van der Waals surface area contributed by atoms with Crippen molar-refractivity contribution >= 4 is 44.9 Å². The van der Waals surface area contributed by atoms with Gasteiger partial charge in [-0.15, -0.1) is 0 Å². The molecule has 4 aliphatic rings. The van der Waals surface area contributed by atoms with Gasteiger partial charge in [-0.1, -0.05) is 103 Å². The third-order valence-corrected chi connectivity index (χ3v) is 12.0. The van der Waals surface area contributed by atoms with Gasteiger partial charge in [0.05, 0.1) is 16.7 Å². The molecule has 250 valence electrons. The summed E-state index contributed by atoms with van der Waals surface area (Å²) in [5.41, 5.74) is 17.0. The highest BCUT2D eigenvalue weighted by molar-refractivity contribution is 6.99. The van der Waals surface area contributed by atoms with Crippen LogP contribution < -0.4 is 30.6 Å². The lowest BCUT2D eigenvalue weighted by Crippen LogP contribution is -2.59. The fourth-order valence-electron chi connectivity index (χ4n) is 9.71. The van der Waals surface area contributed by atoms with Gasteiger partial charge in [0.25, 0.3) is 6.71 Å². The highest BCUT2D eigenvalue weighted by Crippen LogP contribution is 2.47. The van der Waals surface area contributed by atoms with Crippen molar-refractivity contribution in [2.24, 2.45) is 0 Å². The lowest BCUT2D eigenvalue weighted by atomic mass is 9.34. The van der Waals surface area contributed by atoms with Gasteiger partial charge in [0.2, 0.25) is 0 Å². The normalized spacial score (nSPS) is 13.5. The molecule has 5 heteroatoms. The molecule has 3 aliphatic heterocycles. The van der Waals surface area contributed by atoms with Crippen molar-refractivity contribution in [1.29, 1.82) is 0 Å². The molecule has 4 heterocycles. The van der Waals surface area contributed by atoms with Gasteiger partial charge in [-0.05, 0) is 99.1 Å². The molecule has 1 aromatic heterocycles. The van der Waals surface area contributed by atoms with Crippen LogP contribution in [0.4, 0.5) is 0 Å². The van der Waals surface area contributed by atoms with Crippen molar-refractivity contribution in [2.45, 2.75) is 6.42 Å². The lowest BCUT2D eigenvalue weighted by Gasteiger charge is -2.37. The van der Waals surface area contributed by atoms with Gasteiger partial charge in [-0.2, -0.15) is 0 Å². The van der Waals surface area contributed by atoms with Crippen LogP contribution in [-0.2, 0) is 6.42 Å². The maximum Gasteiger partial charge on any atom is 0.270 e. The molecule has 0 spiro atoms. The standard InChI is InChI=1S/C49H28BNO3/c1-3-14-38-34(9-1)35-10-2-4-15-39(35)51(38)40-16-6-13-33-32-12-5-11-31(36(32)27-37(33)40)29-23-21-28(22-24-29)30-25-45-49-46(26-30)54-44-20-8-18-42-48(44)50(49)47-41(52-42)17-7-19-43(47)53-45/h1-26H,27H2. The molecule has 1 aliphatic carbocycles. The molecule has 0 saturated carbocycles. The van der Waals surface area contributed by atoms with E-state index < -0.39 is 0 Å². The van der Waals surface area contributed by atoms with E-state index in [1.807, 2.05) is 36.4 Å². The van der Waals surface area contributed by atoms with E-state index in [0.717, 1.165) is 68.4 Å². The summed E-state index contributed by atoms with van der Waals surface area (Å²) >= 11 is 0. The molecular weight excluding hydrogens is 661 g/mol. The van der Waals surface area contributed by atoms with Gasteiger partial charge in [0.1, 0.15) is 34.5 Å². The molecule has 0 N–H and O–H groups in total. The second-order valence-corrected chi connectivity index (χ2v) is 14.7. The number of rotatable bonds is 3. The first kappa shape index (κ1) is 28.6. The van der Waals surface area contributed by atoms with E-state index in [2.05, 4.69) is 126 Å². The number of benzene rings is 8. The number of aromatic nitrogens is 1. The SMILES string of the molecule is c1cc2c3c(c1)Oc1cc(-c4ccc(-c5cccc6c5Cc5c-6cccc5-n5c6ccccc6c6ccccc65)cc4)cc4c1B3c1c(cccc1O4)O2. The molecule has 13 rings (SSSR count). The zero-order valence-corrected chi connectivity index (χ0v) is 29.0. The Balaban J connectivity index is 0.890. The number of fused-ring (bicyclic) bond motifs is 6. The first-order valence-corrected chi connectivity index (χ1v) is 18.6. The number of hydrogen-bond donors (Lipinski definition) is 0. The minimum atomic E-state index is 0.0137. The Bertz CT molecular complexity index is 2990. The molecule has 0 radical (unpaired) electrons. The maximum absolute atomic E-state index is 6.61. The van der Waals surface area contributed by atoms with Crippen LogP contribution in [0.5, 0.6) is 34.5 Å². The summed E-state index contributed by atoms with van der Waals surface area (Å²) in [6.07, 6.45) is 0.876.